The Morgan fingerprint density at radius 3 is 3.00 bits per heavy atom. The Hall–Kier alpha value is -0.120. The van der Waals surface area contributed by atoms with Crippen molar-refractivity contribution in [1.82, 2.24) is 5.32 Å². The lowest BCUT2D eigenvalue weighted by Crippen LogP contribution is -2.49. The maximum Gasteiger partial charge on any atom is 0.0659 e. The molecule has 1 heterocycles. The van der Waals surface area contributed by atoms with Gasteiger partial charge in [-0.1, -0.05) is 13.3 Å². The molecule has 3 heteroatoms. The number of hydrogen-bond acceptors (Lipinski definition) is 3. The molecule has 0 bridgehead atoms. The van der Waals surface area contributed by atoms with Gasteiger partial charge in [0.1, 0.15) is 0 Å². The van der Waals surface area contributed by atoms with E-state index in [4.69, 9.17) is 10.5 Å². The first-order valence-electron chi connectivity index (χ1n) is 4.84. The normalized spacial score (nSPS) is 29.5. The highest BCUT2D eigenvalue weighted by atomic mass is 16.5. The average Bonchev–Trinajstić information content (AvgIpc) is 2.47. The number of ether oxygens (including phenoxy) is 1. The summed E-state index contributed by atoms with van der Waals surface area (Å²) < 4.78 is 5.25. The van der Waals surface area contributed by atoms with Gasteiger partial charge in [0.25, 0.3) is 0 Å². The molecule has 1 aliphatic heterocycles. The van der Waals surface area contributed by atoms with Gasteiger partial charge >= 0.3 is 0 Å². The van der Waals surface area contributed by atoms with Gasteiger partial charge in [-0.3, -0.25) is 0 Å². The van der Waals surface area contributed by atoms with E-state index in [1.165, 1.54) is 12.8 Å². The summed E-state index contributed by atoms with van der Waals surface area (Å²) in [5.74, 6) is 0. The molecule has 0 aromatic carbocycles. The summed E-state index contributed by atoms with van der Waals surface area (Å²) in [4.78, 5) is 0. The molecule has 0 amide bonds. The lowest BCUT2D eigenvalue weighted by Gasteiger charge is -2.21. The van der Waals surface area contributed by atoms with Crippen LogP contribution in [0.1, 0.15) is 26.2 Å². The molecule has 1 atom stereocenters. The van der Waals surface area contributed by atoms with Crippen molar-refractivity contribution in [2.45, 2.75) is 31.7 Å². The van der Waals surface area contributed by atoms with E-state index in [0.29, 0.717) is 6.61 Å². The first-order chi connectivity index (χ1) is 5.77. The van der Waals surface area contributed by atoms with Crippen molar-refractivity contribution in [2.75, 3.05) is 26.3 Å². The van der Waals surface area contributed by atoms with E-state index in [1.807, 2.05) is 0 Å². The molecule has 0 aliphatic carbocycles. The Kier molecular flexibility index (Phi) is 3.98. The second-order valence-corrected chi connectivity index (χ2v) is 3.70. The van der Waals surface area contributed by atoms with Crippen molar-refractivity contribution in [2.24, 2.45) is 5.73 Å². The quantitative estimate of drug-likeness (QED) is 0.593. The minimum absolute atomic E-state index is 0.0895. The van der Waals surface area contributed by atoms with Crippen molar-refractivity contribution in [1.29, 1.82) is 0 Å². The maximum absolute atomic E-state index is 6.05. The summed E-state index contributed by atoms with van der Waals surface area (Å²) in [5, 5.41) is 3.36. The van der Waals surface area contributed by atoms with Gasteiger partial charge in [-0.15, -0.1) is 0 Å². The number of nitrogens with one attached hydrogen (secondary N) is 1. The van der Waals surface area contributed by atoms with E-state index in [9.17, 15) is 0 Å². The van der Waals surface area contributed by atoms with Crippen molar-refractivity contribution < 1.29 is 4.74 Å². The van der Waals surface area contributed by atoms with E-state index in [0.717, 1.165) is 26.1 Å². The predicted molar refractivity (Wildman–Crippen MR) is 50.1 cm³/mol. The third kappa shape index (κ3) is 3.09. The maximum atomic E-state index is 6.05. The minimum Gasteiger partial charge on any atom is -0.379 e. The Morgan fingerprint density at radius 2 is 2.42 bits per heavy atom. The fourth-order valence-electron chi connectivity index (χ4n) is 1.40. The van der Waals surface area contributed by atoms with Crippen LogP contribution >= 0.6 is 0 Å². The van der Waals surface area contributed by atoms with Crippen LogP contribution < -0.4 is 11.1 Å². The van der Waals surface area contributed by atoms with Gasteiger partial charge in [0.15, 0.2) is 0 Å². The summed E-state index contributed by atoms with van der Waals surface area (Å²) in [6.07, 6.45) is 3.46. The molecular weight excluding hydrogens is 152 g/mol. The van der Waals surface area contributed by atoms with Gasteiger partial charge in [-0.2, -0.15) is 0 Å². The van der Waals surface area contributed by atoms with Crippen molar-refractivity contribution >= 4 is 0 Å². The molecule has 12 heavy (non-hydrogen) atoms. The van der Waals surface area contributed by atoms with Gasteiger partial charge in [0.05, 0.1) is 12.1 Å². The molecule has 1 aliphatic rings. The molecule has 3 N–H and O–H groups in total. The van der Waals surface area contributed by atoms with Crippen molar-refractivity contribution in [3.8, 4) is 0 Å². The van der Waals surface area contributed by atoms with E-state index in [2.05, 4.69) is 12.2 Å². The van der Waals surface area contributed by atoms with Crippen LogP contribution in [0.15, 0.2) is 0 Å². The number of nitrogens with two attached hydrogens (primary N) is 1. The molecule has 1 rings (SSSR count). The fraction of sp³-hybridized carbons (Fsp3) is 1.00. The molecule has 0 aromatic rings. The number of rotatable bonds is 5. The highest BCUT2D eigenvalue weighted by molar-refractivity contribution is 4.89. The molecule has 1 saturated heterocycles. The van der Waals surface area contributed by atoms with Crippen LogP contribution in [-0.2, 0) is 4.74 Å². The fourth-order valence-corrected chi connectivity index (χ4v) is 1.40. The second-order valence-electron chi connectivity index (χ2n) is 3.70. The Labute approximate surface area is 74.7 Å². The lowest BCUT2D eigenvalue weighted by molar-refractivity contribution is 0.177. The lowest BCUT2D eigenvalue weighted by atomic mass is 10.0. The van der Waals surface area contributed by atoms with Crippen LogP contribution in [-0.4, -0.2) is 31.8 Å². The van der Waals surface area contributed by atoms with Crippen LogP contribution in [0.3, 0.4) is 0 Å². The summed E-state index contributed by atoms with van der Waals surface area (Å²) >= 11 is 0. The summed E-state index contributed by atoms with van der Waals surface area (Å²) in [5.41, 5.74) is 5.96. The molecule has 72 valence electrons. The second kappa shape index (κ2) is 4.80. The number of unbranched alkanes of at least 4 members (excludes halogenated alkanes) is 1. The predicted octanol–water partition coefficient (Wildman–Crippen LogP) is 0.494. The standard InChI is InChI=1S/C9H20N2O/c1-2-3-5-11-7-9(10)4-6-12-8-9/h11H,2-8,10H2,1H3. The van der Waals surface area contributed by atoms with E-state index < -0.39 is 0 Å². The van der Waals surface area contributed by atoms with Gasteiger partial charge in [-0.25, -0.2) is 0 Å². The molecule has 0 radical (unpaired) electrons. The first-order valence-corrected chi connectivity index (χ1v) is 4.84. The van der Waals surface area contributed by atoms with Gasteiger partial charge in [0.2, 0.25) is 0 Å². The van der Waals surface area contributed by atoms with Crippen LogP contribution in [0.4, 0.5) is 0 Å². The molecular formula is C9H20N2O. The molecule has 0 aromatic heterocycles. The van der Waals surface area contributed by atoms with E-state index in [1.54, 1.807) is 0 Å². The first kappa shape index (κ1) is 9.96. The zero-order valence-electron chi connectivity index (χ0n) is 7.94. The molecule has 0 spiro atoms. The van der Waals surface area contributed by atoms with Crippen molar-refractivity contribution in [3.63, 3.8) is 0 Å². The average molecular weight is 172 g/mol. The van der Waals surface area contributed by atoms with Crippen LogP contribution in [0.25, 0.3) is 0 Å². The van der Waals surface area contributed by atoms with Crippen LogP contribution in [0.5, 0.6) is 0 Å². The summed E-state index contributed by atoms with van der Waals surface area (Å²) in [7, 11) is 0. The van der Waals surface area contributed by atoms with Crippen LogP contribution in [0.2, 0.25) is 0 Å². The zero-order valence-corrected chi connectivity index (χ0v) is 7.94. The van der Waals surface area contributed by atoms with E-state index >= 15 is 0 Å². The minimum atomic E-state index is -0.0895. The molecule has 3 nitrogen and oxygen atoms in total. The molecule has 1 unspecified atom stereocenters. The highest BCUT2D eigenvalue weighted by Gasteiger charge is 2.29. The van der Waals surface area contributed by atoms with E-state index in [-0.39, 0.29) is 5.54 Å². The van der Waals surface area contributed by atoms with Gasteiger partial charge in [0, 0.05) is 13.2 Å². The summed E-state index contributed by atoms with van der Waals surface area (Å²) in [6.45, 7) is 5.71. The third-order valence-electron chi connectivity index (χ3n) is 2.32. The van der Waals surface area contributed by atoms with Gasteiger partial charge in [-0.05, 0) is 19.4 Å². The largest absolute Gasteiger partial charge is 0.379 e. The third-order valence-corrected chi connectivity index (χ3v) is 2.32. The smallest absolute Gasteiger partial charge is 0.0659 e. The Morgan fingerprint density at radius 1 is 1.58 bits per heavy atom. The SMILES string of the molecule is CCCCNCC1(N)CCOC1. The Bertz CT molecular complexity index is 122. The molecule has 1 fully saturated rings. The number of hydrogen-bond donors (Lipinski definition) is 2. The van der Waals surface area contributed by atoms with Crippen molar-refractivity contribution in [3.05, 3.63) is 0 Å². The Balaban J connectivity index is 2.05. The molecule has 0 saturated carbocycles. The monoisotopic (exact) mass is 172 g/mol. The van der Waals surface area contributed by atoms with Gasteiger partial charge < -0.3 is 15.8 Å². The summed E-state index contributed by atoms with van der Waals surface area (Å²) in [6, 6.07) is 0. The topological polar surface area (TPSA) is 47.3 Å². The van der Waals surface area contributed by atoms with Crippen LogP contribution in [0, 0.1) is 0 Å². The highest BCUT2D eigenvalue weighted by Crippen LogP contribution is 2.13. The zero-order chi connectivity index (χ0) is 8.86.